The van der Waals surface area contributed by atoms with E-state index in [1.54, 1.807) is 0 Å². The summed E-state index contributed by atoms with van der Waals surface area (Å²) in [6.07, 6.45) is 0.686. The molecule has 0 aliphatic carbocycles. The van der Waals surface area contributed by atoms with Crippen LogP contribution in [0.1, 0.15) is 12.0 Å². The van der Waals surface area contributed by atoms with E-state index in [0.717, 1.165) is 27.2 Å². The van der Waals surface area contributed by atoms with E-state index in [0.29, 0.717) is 13.0 Å². The first-order valence-corrected chi connectivity index (χ1v) is 10.1. The maximum atomic E-state index is 14.5. The zero-order valence-electron chi connectivity index (χ0n) is 13.8. The van der Waals surface area contributed by atoms with E-state index in [4.69, 9.17) is 4.74 Å². The maximum Gasteiger partial charge on any atom is 0.170 e. The fraction of sp³-hybridized carbons (Fsp3) is 0.0909. The molecular weight excluding hydrogens is 327 g/mol. The van der Waals surface area contributed by atoms with Gasteiger partial charge in [0.15, 0.2) is 7.14 Å². The van der Waals surface area contributed by atoms with Gasteiger partial charge in [0.25, 0.3) is 0 Å². The Labute approximate surface area is 148 Å². The van der Waals surface area contributed by atoms with Crippen LogP contribution in [-0.2, 0) is 9.30 Å². The molecule has 1 aliphatic heterocycles. The highest BCUT2D eigenvalue weighted by atomic mass is 31.2. The summed E-state index contributed by atoms with van der Waals surface area (Å²) in [5.74, 6) is 0.775. The van der Waals surface area contributed by atoms with Crippen LogP contribution < -0.4 is 10.6 Å². The van der Waals surface area contributed by atoms with Gasteiger partial charge in [-0.05, 0) is 0 Å². The molecule has 0 spiro atoms. The minimum atomic E-state index is -2.94. The van der Waals surface area contributed by atoms with Crippen LogP contribution in [0.15, 0.2) is 96.3 Å². The average molecular weight is 346 g/mol. The Hall–Kier alpha value is -2.57. The lowest BCUT2D eigenvalue weighted by Crippen LogP contribution is -2.17. The summed E-state index contributed by atoms with van der Waals surface area (Å²) in [5.41, 5.74) is 0.988. The SMILES string of the molecule is O=P(C1=C(c2ccccc2)OCC1)(c1ccccc1)c1ccccc1. The van der Waals surface area contributed by atoms with Gasteiger partial charge < -0.3 is 9.30 Å². The number of rotatable bonds is 4. The van der Waals surface area contributed by atoms with Crippen molar-refractivity contribution in [1.29, 1.82) is 0 Å². The molecular formula is C22H19O2P. The van der Waals surface area contributed by atoms with E-state index in [1.165, 1.54) is 0 Å². The van der Waals surface area contributed by atoms with E-state index >= 15 is 0 Å². The Morgan fingerprint density at radius 2 is 1.16 bits per heavy atom. The zero-order chi connectivity index (χ0) is 17.1. The van der Waals surface area contributed by atoms with E-state index in [1.807, 2.05) is 91.0 Å². The molecule has 0 atom stereocenters. The first kappa shape index (κ1) is 15.9. The van der Waals surface area contributed by atoms with Crippen molar-refractivity contribution in [1.82, 2.24) is 0 Å². The molecule has 0 fully saturated rings. The van der Waals surface area contributed by atoms with Gasteiger partial charge in [-0.25, -0.2) is 0 Å². The first-order chi connectivity index (χ1) is 12.3. The molecule has 0 amide bonds. The van der Waals surface area contributed by atoms with Crippen molar-refractivity contribution >= 4 is 23.5 Å². The first-order valence-electron chi connectivity index (χ1n) is 8.43. The predicted octanol–water partition coefficient (Wildman–Crippen LogP) is 4.79. The third-order valence-electron chi connectivity index (χ3n) is 4.50. The van der Waals surface area contributed by atoms with E-state index < -0.39 is 7.14 Å². The van der Waals surface area contributed by atoms with Crippen molar-refractivity contribution in [3.63, 3.8) is 0 Å². The van der Waals surface area contributed by atoms with Crippen LogP contribution in [0.5, 0.6) is 0 Å². The second-order valence-electron chi connectivity index (χ2n) is 6.02. The standard InChI is InChI=1S/C22H19O2P/c23-25(19-12-6-2-7-13-19,20-14-8-3-9-15-20)21-16-17-24-22(21)18-10-4-1-5-11-18/h1-15H,16-17H2. The molecule has 0 unspecified atom stereocenters. The molecule has 0 bridgehead atoms. The molecule has 0 radical (unpaired) electrons. The molecule has 3 aromatic carbocycles. The van der Waals surface area contributed by atoms with Gasteiger partial charge in [-0.3, -0.25) is 0 Å². The molecule has 3 aromatic rings. The van der Waals surface area contributed by atoms with Crippen molar-refractivity contribution in [3.05, 3.63) is 102 Å². The van der Waals surface area contributed by atoms with Crippen molar-refractivity contribution < 1.29 is 9.30 Å². The summed E-state index contributed by atoms with van der Waals surface area (Å²) in [7, 11) is -2.94. The minimum absolute atomic E-state index is 0.573. The van der Waals surface area contributed by atoms with Gasteiger partial charge in [-0.1, -0.05) is 91.0 Å². The van der Waals surface area contributed by atoms with Crippen molar-refractivity contribution in [3.8, 4) is 0 Å². The lowest BCUT2D eigenvalue weighted by molar-refractivity contribution is 0.307. The lowest BCUT2D eigenvalue weighted by atomic mass is 10.2. The second-order valence-corrected chi connectivity index (χ2v) is 8.81. The van der Waals surface area contributed by atoms with Gasteiger partial charge in [0.2, 0.25) is 0 Å². The molecule has 1 heterocycles. The van der Waals surface area contributed by atoms with Crippen molar-refractivity contribution in [2.45, 2.75) is 6.42 Å². The van der Waals surface area contributed by atoms with Crippen LogP contribution in [0.4, 0.5) is 0 Å². The quantitative estimate of drug-likeness (QED) is 0.635. The van der Waals surface area contributed by atoms with Crippen LogP contribution in [0, 0.1) is 0 Å². The fourth-order valence-corrected chi connectivity index (χ4v) is 6.31. The molecule has 0 N–H and O–H groups in total. The highest BCUT2D eigenvalue weighted by Crippen LogP contribution is 2.57. The van der Waals surface area contributed by atoms with Crippen LogP contribution in [0.2, 0.25) is 0 Å². The fourth-order valence-electron chi connectivity index (χ4n) is 3.32. The molecule has 2 nitrogen and oxygen atoms in total. The lowest BCUT2D eigenvalue weighted by Gasteiger charge is -2.21. The van der Waals surface area contributed by atoms with Gasteiger partial charge in [-0.2, -0.15) is 0 Å². The molecule has 3 heteroatoms. The van der Waals surface area contributed by atoms with Crippen LogP contribution in [0.25, 0.3) is 5.76 Å². The van der Waals surface area contributed by atoms with Gasteiger partial charge in [-0.15, -0.1) is 0 Å². The Bertz CT molecular complexity index is 888. The summed E-state index contributed by atoms with van der Waals surface area (Å²) in [5, 5.41) is 2.63. The monoisotopic (exact) mass is 346 g/mol. The predicted molar refractivity (Wildman–Crippen MR) is 104 cm³/mol. The summed E-state index contributed by atoms with van der Waals surface area (Å²) >= 11 is 0. The Balaban J connectivity index is 1.97. The molecule has 0 saturated carbocycles. The molecule has 0 saturated heterocycles. The summed E-state index contributed by atoms with van der Waals surface area (Å²) in [6.45, 7) is 0.573. The smallest absolute Gasteiger partial charge is 0.170 e. The zero-order valence-corrected chi connectivity index (χ0v) is 14.7. The van der Waals surface area contributed by atoms with Gasteiger partial charge in [0.1, 0.15) is 5.76 Å². The number of benzene rings is 3. The molecule has 25 heavy (non-hydrogen) atoms. The van der Waals surface area contributed by atoms with E-state index in [9.17, 15) is 4.57 Å². The van der Waals surface area contributed by atoms with Crippen molar-refractivity contribution in [2.75, 3.05) is 6.61 Å². The number of hydrogen-bond donors (Lipinski definition) is 0. The van der Waals surface area contributed by atoms with Gasteiger partial charge >= 0.3 is 0 Å². The van der Waals surface area contributed by atoms with Gasteiger partial charge in [0, 0.05) is 27.9 Å². The van der Waals surface area contributed by atoms with Gasteiger partial charge in [0.05, 0.1) is 6.61 Å². The molecule has 4 rings (SSSR count). The average Bonchev–Trinajstić information content (AvgIpc) is 3.20. The number of ether oxygens (including phenoxy) is 1. The second kappa shape index (κ2) is 6.74. The van der Waals surface area contributed by atoms with E-state index in [2.05, 4.69) is 0 Å². The molecule has 1 aliphatic rings. The topological polar surface area (TPSA) is 26.3 Å². The van der Waals surface area contributed by atoms with E-state index in [-0.39, 0.29) is 0 Å². The third kappa shape index (κ3) is 2.83. The maximum absolute atomic E-state index is 14.5. The van der Waals surface area contributed by atoms with Crippen LogP contribution in [-0.4, -0.2) is 6.61 Å². The molecule has 124 valence electrons. The largest absolute Gasteiger partial charge is 0.492 e. The summed E-state index contributed by atoms with van der Waals surface area (Å²) in [4.78, 5) is 0. The Kier molecular flexibility index (Phi) is 4.29. The van der Waals surface area contributed by atoms with Crippen molar-refractivity contribution in [2.24, 2.45) is 0 Å². The van der Waals surface area contributed by atoms with Crippen LogP contribution in [0.3, 0.4) is 0 Å². The normalized spacial score (nSPS) is 14.4. The Morgan fingerprint density at radius 3 is 1.68 bits per heavy atom. The summed E-state index contributed by atoms with van der Waals surface area (Å²) < 4.78 is 20.4. The highest BCUT2D eigenvalue weighted by molar-refractivity contribution is 7.82. The minimum Gasteiger partial charge on any atom is -0.492 e. The highest BCUT2D eigenvalue weighted by Gasteiger charge is 2.37. The third-order valence-corrected chi connectivity index (χ3v) is 7.74. The molecule has 0 aromatic heterocycles. The summed E-state index contributed by atoms with van der Waals surface area (Å²) in [6, 6.07) is 29.5. The van der Waals surface area contributed by atoms with Crippen LogP contribution >= 0.6 is 7.14 Å². The Morgan fingerprint density at radius 1 is 0.680 bits per heavy atom. The number of hydrogen-bond acceptors (Lipinski definition) is 2.